The molecule has 0 saturated heterocycles. The lowest BCUT2D eigenvalue weighted by Crippen LogP contribution is -2.58. The number of hydrogen-bond donors (Lipinski definition) is 9. The first-order valence-electron chi connectivity index (χ1n) is 12.4. The van der Waals surface area contributed by atoms with E-state index in [9.17, 15) is 43.5 Å². The van der Waals surface area contributed by atoms with Crippen LogP contribution in [0.25, 0.3) is 0 Å². The van der Waals surface area contributed by atoms with Crippen LogP contribution in [0, 0.1) is 11.8 Å². The fourth-order valence-corrected chi connectivity index (χ4v) is 3.11. The van der Waals surface area contributed by atoms with E-state index in [0.29, 0.717) is 0 Å². The molecule has 0 aromatic carbocycles. The average molecular weight is 574 g/mol. The SMILES string of the molecule is CC(C)C[C@H](NC(=O)CNC(=O)CNC(=O)CNC(=O)CN)C(=O)N[C@H](C(=O)N[C@@H](CC(=O)O)C(=O)O)C(C)C. The van der Waals surface area contributed by atoms with E-state index >= 15 is 0 Å². The fourth-order valence-electron chi connectivity index (χ4n) is 3.11. The van der Waals surface area contributed by atoms with Gasteiger partial charge in [-0.15, -0.1) is 0 Å². The molecule has 17 nitrogen and oxygen atoms in total. The van der Waals surface area contributed by atoms with Crippen molar-refractivity contribution >= 4 is 47.4 Å². The monoisotopic (exact) mass is 573 g/mol. The van der Waals surface area contributed by atoms with Gasteiger partial charge >= 0.3 is 11.9 Å². The summed E-state index contributed by atoms with van der Waals surface area (Å²) in [6.07, 6.45) is -0.717. The van der Waals surface area contributed by atoms with Crippen molar-refractivity contribution < 1.29 is 48.6 Å². The molecule has 0 heterocycles. The number of nitrogens with one attached hydrogen (secondary N) is 6. The van der Waals surface area contributed by atoms with E-state index in [2.05, 4.69) is 31.9 Å². The maximum Gasteiger partial charge on any atom is 0.326 e. The molecule has 0 saturated carbocycles. The standard InChI is InChI=1S/C23H39N7O10/c1-11(2)5-13(28-18(34)10-27-17(33)9-26-16(32)8-25-15(31)7-24)21(37)30-20(12(3)4)22(38)29-14(23(39)40)6-19(35)36/h11-14,20H,5-10,24H2,1-4H3,(H,25,31)(H,26,32)(H,27,33)(H,28,34)(H,29,38)(H,30,37)(H,35,36)(H,39,40)/t13-,14-,20-/m0/s1. The van der Waals surface area contributed by atoms with Crippen LogP contribution in [0.3, 0.4) is 0 Å². The highest BCUT2D eigenvalue weighted by Crippen LogP contribution is 2.09. The topological polar surface area (TPSA) is 275 Å². The zero-order valence-corrected chi connectivity index (χ0v) is 22.9. The zero-order chi connectivity index (χ0) is 31.0. The third-order valence-electron chi connectivity index (χ3n) is 5.12. The summed E-state index contributed by atoms with van der Waals surface area (Å²) in [7, 11) is 0. The van der Waals surface area contributed by atoms with Gasteiger partial charge in [0.15, 0.2) is 0 Å². The highest BCUT2D eigenvalue weighted by atomic mass is 16.4. The van der Waals surface area contributed by atoms with Gasteiger partial charge < -0.3 is 47.8 Å². The minimum absolute atomic E-state index is 0.0844. The van der Waals surface area contributed by atoms with E-state index < -0.39 is 90.9 Å². The van der Waals surface area contributed by atoms with Crippen LogP contribution in [0.4, 0.5) is 0 Å². The Kier molecular flexibility index (Phi) is 16.2. The maximum atomic E-state index is 13.0. The van der Waals surface area contributed by atoms with Crippen LogP contribution in [0.15, 0.2) is 0 Å². The first kappa shape index (κ1) is 35.7. The number of carbonyl (C=O) groups excluding carboxylic acids is 6. The van der Waals surface area contributed by atoms with Crippen LogP contribution in [0.2, 0.25) is 0 Å². The number of carboxylic acids is 2. The third kappa shape index (κ3) is 15.2. The van der Waals surface area contributed by atoms with Crippen LogP contribution in [0.5, 0.6) is 0 Å². The Balaban J connectivity index is 5.10. The molecular weight excluding hydrogens is 534 g/mol. The average Bonchev–Trinajstić information content (AvgIpc) is 2.85. The van der Waals surface area contributed by atoms with Crippen LogP contribution in [-0.4, -0.2) is 102 Å². The van der Waals surface area contributed by atoms with Crippen LogP contribution >= 0.6 is 0 Å². The molecule has 0 unspecified atom stereocenters. The molecule has 0 aromatic heterocycles. The Morgan fingerprint density at radius 3 is 1.57 bits per heavy atom. The molecular formula is C23H39N7O10. The maximum absolute atomic E-state index is 13.0. The summed E-state index contributed by atoms with van der Waals surface area (Å²) in [5.74, 6) is -7.95. The van der Waals surface area contributed by atoms with E-state index in [1.165, 1.54) is 0 Å². The smallest absolute Gasteiger partial charge is 0.326 e. The molecule has 0 aliphatic heterocycles. The van der Waals surface area contributed by atoms with Crippen molar-refractivity contribution in [3.63, 3.8) is 0 Å². The third-order valence-corrected chi connectivity index (χ3v) is 5.12. The van der Waals surface area contributed by atoms with Crippen molar-refractivity contribution in [1.82, 2.24) is 31.9 Å². The Labute approximate surface area is 230 Å². The number of aliphatic carboxylic acids is 2. The minimum atomic E-state index is -1.72. The predicted octanol–water partition coefficient (Wildman–Crippen LogP) is -3.99. The van der Waals surface area contributed by atoms with Crippen molar-refractivity contribution in [1.29, 1.82) is 0 Å². The van der Waals surface area contributed by atoms with Gasteiger partial charge in [-0.25, -0.2) is 4.79 Å². The molecule has 0 spiro atoms. The van der Waals surface area contributed by atoms with Gasteiger partial charge in [-0.1, -0.05) is 27.7 Å². The van der Waals surface area contributed by atoms with Crippen LogP contribution < -0.4 is 37.6 Å². The van der Waals surface area contributed by atoms with Gasteiger partial charge in [0.2, 0.25) is 35.4 Å². The van der Waals surface area contributed by atoms with Crippen molar-refractivity contribution in [2.75, 3.05) is 26.2 Å². The lowest BCUT2D eigenvalue weighted by molar-refractivity contribution is -0.147. The molecule has 10 N–H and O–H groups in total. The van der Waals surface area contributed by atoms with Gasteiger partial charge in [0.25, 0.3) is 0 Å². The van der Waals surface area contributed by atoms with E-state index in [0.717, 1.165) is 0 Å². The van der Waals surface area contributed by atoms with Gasteiger partial charge in [-0.3, -0.25) is 33.6 Å². The quantitative estimate of drug-likeness (QED) is 0.0762. The second-order valence-electron chi connectivity index (χ2n) is 9.51. The van der Waals surface area contributed by atoms with Gasteiger partial charge in [0.05, 0.1) is 32.6 Å². The first-order valence-corrected chi connectivity index (χ1v) is 12.4. The van der Waals surface area contributed by atoms with Crippen molar-refractivity contribution in [2.24, 2.45) is 17.6 Å². The normalized spacial score (nSPS) is 12.9. The van der Waals surface area contributed by atoms with Crippen molar-refractivity contribution in [2.45, 2.75) is 58.7 Å². The van der Waals surface area contributed by atoms with E-state index in [1.807, 2.05) is 0 Å². The number of rotatable bonds is 18. The van der Waals surface area contributed by atoms with E-state index in [4.69, 9.17) is 10.8 Å². The molecule has 0 bridgehead atoms. The molecule has 6 amide bonds. The summed E-state index contributed by atoms with van der Waals surface area (Å²) < 4.78 is 0. The Morgan fingerprint density at radius 2 is 1.15 bits per heavy atom. The Bertz CT molecular complexity index is 954. The first-order chi connectivity index (χ1) is 18.6. The number of carbonyl (C=O) groups is 8. The molecule has 40 heavy (non-hydrogen) atoms. The molecule has 0 aliphatic carbocycles. The molecule has 0 rings (SSSR count). The van der Waals surface area contributed by atoms with Gasteiger partial charge in [-0.05, 0) is 18.3 Å². The highest BCUT2D eigenvalue weighted by molar-refractivity contribution is 5.95. The van der Waals surface area contributed by atoms with Crippen LogP contribution in [0.1, 0.15) is 40.5 Å². The number of amides is 6. The molecule has 3 atom stereocenters. The van der Waals surface area contributed by atoms with Crippen molar-refractivity contribution in [3.05, 3.63) is 0 Å². The van der Waals surface area contributed by atoms with Gasteiger partial charge in [-0.2, -0.15) is 0 Å². The molecule has 0 aromatic rings. The van der Waals surface area contributed by atoms with Crippen molar-refractivity contribution in [3.8, 4) is 0 Å². The van der Waals surface area contributed by atoms with Gasteiger partial charge in [0.1, 0.15) is 18.1 Å². The van der Waals surface area contributed by atoms with E-state index in [1.54, 1.807) is 27.7 Å². The number of hydrogen-bond acceptors (Lipinski definition) is 9. The minimum Gasteiger partial charge on any atom is -0.481 e. The second-order valence-corrected chi connectivity index (χ2v) is 9.51. The second kappa shape index (κ2) is 18.1. The zero-order valence-electron chi connectivity index (χ0n) is 22.9. The summed E-state index contributed by atoms with van der Waals surface area (Å²) in [5, 5.41) is 31.8. The number of nitrogens with two attached hydrogens (primary N) is 1. The molecule has 17 heteroatoms. The molecule has 0 fully saturated rings. The number of carboxylic acid groups (broad SMARTS) is 2. The van der Waals surface area contributed by atoms with E-state index in [-0.39, 0.29) is 25.4 Å². The lowest BCUT2D eigenvalue weighted by atomic mass is 9.99. The summed E-state index contributed by atoms with van der Waals surface area (Å²) in [6.45, 7) is 5.01. The predicted molar refractivity (Wildman–Crippen MR) is 138 cm³/mol. The largest absolute Gasteiger partial charge is 0.481 e. The van der Waals surface area contributed by atoms with Gasteiger partial charge in [0, 0.05) is 0 Å². The summed E-state index contributed by atoms with van der Waals surface area (Å²) in [5.41, 5.74) is 5.09. The van der Waals surface area contributed by atoms with Crippen LogP contribution in [-0.2, 0) is 38.4 Å². The molecule has 226 valence electrons. The fraction of sp³-hybridized carbons (Fsp3) is 0.652. The Hall–Kier alpha value is -4.28. The summed E-state index contributed by atoms with van der Waals surface area (Å²) in [4.78, 5) is 94.9. The molecule has 0 radical (unpaired) electrons. The Morgan fingerprint density at radius 1 is 0.650 bits per heavy atom. The summed E-state index contributed by atoms with van der Waals surface area (Å²) in [6, 6.07) is -4.08. The molecule has 0 aliphatic rings. The highest BCUT2D eigenvalue weighted by Gasteiger charge is 2.32. The summed E-state index contributed by atoms with van der Waals surface area (Å²) >= 11 is 0. The lowest BCUT2D eigenvalue weighted by Gasteiger charge is -2.27.